The molecule has 1 saturated carbocycles. The van der Waals surface area contributed by atoms with Gasteiger partial charge in [-0.2, -0.15) is 0 Å². The number of esters is 1. The molecular formula is C11H19NO4. The summed E-state index contributed by atoms with van der Waals surface area (Å²) >= 11 is 0. The SMILES string of the molecule is COC(=O)C1CCC1NC(=O)OC(C)(C)C. The summed E-state index contributed by atoms with van der Waals surface area (Å²) in [6.07, 6.45) is 1.07. The van der Waals surface area contributed by atoms with Crippen molar-refractivity contribution in [2.24, 2.45) is 5.92 Å². The first-order valence-electron chi connectivity index (χ1n) is 5.41. The highest BCUT2D eigenvalue weighted by atomic mass is 16.6. The highest BCUT2D eigenvalue weighted by Crippen LogP contribution is 2.28. The van der Waals surface area contributed by atoms with Crippen molar-refractivity contribution in [3.05, 3.63) is 0 Å². The third kappa shape index (κ3) is 3.40. The zero-order chi connectivity index (χ0) is 12.3. The fourth-order valence-corrected chi connectivity index (χ4v) is 1.57. The number of hydrogen-bond donors (Lipinski definition) is 1. The first kappa shape index (κ1) is 12.8. The van der Waals surface area contributed by atoms with Gasteiger partial charge in [0, 0.05) is 6.04 Å². The van der Waals surface area contributed by atoms with Crippen LogP contribution in [0.3, 0.4) is 0 Å². The maximum Gasteiger partial charge on any atom is 0.407 e. The van der Waals surface area contributed by atoms with E-state index in [-0.39, 0.29) is 17.9 Å². The highest BCUT2D eigenvalue weighted by Gasteiger charge is 2.39. The van der Waals surface area contributed by atoms with Crippen LogP contribution >= 0.6 is 0 Å². The van der Waals surface area contributed by atoms with Crippen LogP contribution in [0.5, 0.6) is 0 Å². The van der Waals surface area contributed by atoms with Gasteiger partial charge in [0.25, 0.3) is 0 Å². The number of methoxy groups -OCH3 is 1. The molecule has 92 valence electrons. The molecule has 1 N–H and O–H groups in total. The minimum atomic E-state index is -0.519. The van der Waals surface area contributed by atoms with Crippen LogP contribution in [-0.2, 0) is 14.3 Å². The molecule has 0 aromatic rings. The Morgan fingerprint density at radius 2 is 1.88 bits per heavy atom. The first-order chi connectivity index (χ1) is 7.33. The number of amides is 1. The third-order valence-electron chi connectivity index (χ3n) is 2.48. The van der Waals surface area contributed by atoms with Gasteiger partial charge in [0.15, 0.2) is 0 Å². The molecule has 16 heavy (non-hydrogen) atoms. The molecule has 1 fully saturated rings. The van der Waals surface area contributed by atoms with Crippen molar-refractivity contribution >= 4 is 12.1 Å². The summed E-state index contributed by atoms with van der Waals surface area (Å²) < 4.78 is 9.74. The predicted octanol–water partition coefficient (Wildman–Crippen LogP) is 1.46. The molecule has 2 atom stereocenters. The standard InChI is InChI=1S/C11H19NO4/c1-11(2,3)16-10(14)12-8-6-5-7(8)9(13)15-4/h7-8H,5-6H2,1-4H3,(H,12,14). The molecule has 0 aliphatic heterocycles. The maximum atomic E-state index is 11.4. The zero-order valence-corrected chi connectivity index (χ0v) is 10.2. The second-order valence-electron chi connectivity index (χ2n) is 4.96. The van der Waals surface area contributed by atoms with Crippen LogP contribution in [0.4, 0.5) is 4.79 Å². The Kier molecular flexibility index (Phi) is 3.78. The van der Waals surface area contributed by atoms with E-state index in [2.05, 4.69) is 10.1 Å². The zero-order valence-electron chi connectivity index (χ0n) is 10.2. The lowest BCUT2D eigenvalue weighted by Gasteiger charge is -2.35. The molecule has 2 unspecified atom stereocenters. The number of hydrogen-bond acceptors (Lipinski definition) is 4. The maximum absolute atomic E-state index is 11.4. The van der Waals surface area contributed by atoms with E-state index in [1.807, 2.05) is 0 Å². The van der Waals surface area contributed by atoms with Crippen LogP contribution in [0.2, 0.25) is 0 Å². The highest BCUT2D eigenvalue weighted by molar-refractivity contribution is 5.76. The summed E-state index contributed by atoms with van der Waals surface area (Å²) in [5.74, 6) is -0.496. The van der Waals surface area contributed by atoms with E-state index < -0.39 is 11.7 Å². The Bertz CT molecular complexity index is 282. The van der Waals surface area contributed by atoms with Gasteiger partial charge in [-0.05, 0) is 33.6 Å². The molecule has 0 radical (unpaired) electrons. The van der Waals surface area contributed by atoms with Gasteiger partial charge in [-0.15, -0.1) is 0 Å². The largest absolute Gasteiger partial charge is 0.469 e. The fourth-order valence-electron chi connectivity index (χ4n) is 1.57. The van der Waals surface area contributed by atoms with Crippen LogP contribution in [0, 0.1) is 5.92 Å². The summed E-state index contributed by atoms with van der Waals surface area (Å²) in [5.41, 5.74) is -0.519. The van der Waals surface area contributed by atoms with E-state index in [0.717, 1.165) is 12.8 Å². The van der Waals surface area contributed by atoms with Crippen molar-refractivity contribution in [1.29, 1.82) is 0 Å². The lowest BCUT2D eigenvalue weighted by molar-refractivity contribution is -0.149. The molecule has 0 heterocycles. The van der Waals surface area contributed by atoms with E-state index in [1.165, 1.54) is 7.11 Å². The number of nitrogens with one attached hydrogen (secondary N) is 1. The van der Waals surface area contributed by atoms with Gasteiger partial charge in [0.1, 0.15) is 5.60 Å². The van der Waals surface area contributed by atoms with Crippen LogP contribution in [0.25, 0.3) is 0 Å². The molecule has 1 aliphatic rings. The van der Waals surface area contributed by atoms with Crippen molar-refractivity contribution < 1.29 is 19.1 Å². The molecule has 1 aliphatic carbocycles. The molecule has 0 aromatic heterocycles. The average molecular weight is 229 g/mol. The minimum Gasteiger partial charge on any atom is -0.469 e. The predicted molar refractivity (Wildman–Crippen MR) is 57.9 cm³/mol. The van der Waals surface area contributed by atoms with Crippen LogP contribution in [-0.4, -0.2) is 30.8 Å². The molecule has 5 nitrogen and oxygen atoms in total. The third-order valence-corrected chi connectivity index (χ3v) is 2.48. The van der Waals surface area contributed by atoms with Crippen LogP contribution in [0.15, 0.2) is 0 Å². The molecule has 5 heteroatoms. The molecular weight excluding hydrogens is 210 g/mol. The fraction of sp³-hybridized carbons (Fsp3) is 0.818. The van der Waals surface area contributed by atoms with Gasteiger partial charge in [-0.25, -0.2) is 4.79 Å². The lowest BCUT2D eigenvalue weighted by Crippen LogP contribution is -2.51. The molecule has 0 bridgehead atoms. The van der Waals surface area contributed by atoms with E-state index in [1.54, 1.807) is 20.8 Å². The van der Waals surface area contributed by atoms with E-state index >= 15 is 0 Å². The van der Waals surface area contributed by atoms with E-state index in [0.29, 0.717) is 0 Å². The van der Waals surface area contributed by atoms with Crippen molar-refractivity contribution in [2.45, 2.75) is 45.3 Å². The van der Waals surface area contributed by atoms with Crippen molar-refractivity contribution in [1.82, 2.24) is 5.32 Å². The number of carbonyl (C=O) groups excluding carboxylic acids is 2. The Balaban J connectivity index is 2.38. The summed E-state index contributed by atoms with van der Waals surface area (Å²) in [4.78, 5) is 22.7. The lowest BCUT2D eigenvalue weighted by atomic mass is 9.80. The van der Waals surface area contributed by atoms with Gasteiger partial charge >= 0.3 is 12.1 Å². The Morgan fingerprint density at radius 3 is 2.25 bits per heavy atom. The summed E-state index contributed by atoms with van der Waals surface area (Å²) in [6, 6.07) is -0.151. The smallest absolute Gasteiger partial charge is 0.407 e. The van der Waals surface area contributed by atoms with Gasteiger partial charge in [-0.1, -0.05) is 0 Å². The van der Waals surface area contributed by atoms with Crippen molar-refractivity contribution in [3.8, 4) is 0 Å². The summed E-state index contributed by atoms with van der Waals surface area (Å²) in [5, 5.41) is 2.68. The number of ether oxygens (including phenoxy) is 2. The van der Waals surface area contributed by atoms with E-state index in [4.69, 9.17) is 4.74 Å². The number of rotatable bonds is 2. The average Bonchev–Trinajstić information content (AvgIpc) is 2.09. The Morgan fingerprint density at radius 1 is 1.25 bits per heavy atom. The van der Waals surface area contributed by atoms with Crippen molar-refractivity contribution in [3.63, 3.8) is 0 Å². The van der Waals surface area contributed by atoms with E-state index in [9.17, 15) is 9.59 Å². The molecule has 0 aromatic carbocycles. The van der Waals surface area contributed by atoms with Crippen molar-refractivity contribution in [2.75, 3.05) is 7.11 Å². The topological polar surface area (TPSA) is 64.6 Å². The normalized spacial score (nSPS) is 24.2. The van der Waals surface area contributed by atoms with Gasteiger partial charge < -0.3 is 14.8 Å². The number of carbonyl (C=O) groups is 2. The van der Waals surface area contributed by atoms with Crippen LogP contribution in [0.1, 0.15) is 33.6 Å². The molecule has 1 rings (SSSR count). The summed E-state index contributed by atoms with van der Waals surface area (Å²) in [7, 11) is 1.35. The molecule has 0 spiro atoms. The van der Waals surface area contributed by atoms with Gasteiger partial charge in [0.2, 0.25) is 0 Å². The minimum absolute atomic E-state index is 0.151. The Labute approximate surface area is 95.5 Å². The second kappa shape index (κ2) is 4.72. The van der Waals surface area contributed by atoms with Gasteiger partial charge in [-0.3, -0.25) is 4.79 Å². The van der Waals surface area contributed by atoms with Crippen LogP contribution < -0.4 is 5.32 Å². The molecule has 0 saturated heterocycles. The quantitative estimate of drug-likeness (QED) is 0.728. The molecule has 1 amide bonds. The monoisotopic (exact) mass is 229 g/mol. The first-order valence-corrected chi connectivity index (χ1v) is 5.41. The Hall–Kier alpha value is -1.26. The summed E-state index contributed by atoms with van der Waals surface area (Å²) in [6.45, 7) is 5.39. The van der Waals surface area contributed by atoms with Gasteiger partial charge in [0.05, 0.1) is 13.0 Å². The second-order valence-corrected chi connectivity index (χ2v) is 4.96. The number of alkyl carbamates (subject to hydrolysis) is 1.